The molecule has 0 N–H and O–H groups in total. The van der Waals surface area contributed by atoms with Gasteiger partial charge in [0.1, 0.15) is 5.56 Å². The minimum absolute atomic E-state index is 0.00202. The molecule has 6 nitrogen and oxygen atoms in total. The van der Waals surface area contributed by atoms with Gasteiger partial charge in [-0.3, -0.25) is 9.59 Å². The molecule has 0 spiro atoms. The first-order chi connectivity index (χ1) is 11.2. The van der Waals surface area contributed by atoms with Gasteiger partial charge >= 0.3 is 0 Å². The van der Waals surface area contributed by atoms with E-state index in [4.69, 9.17) is 4.74 Å². The number of aryl methyl sites for hydroxylation is 1. The van der Waals surface area contributed by atoms with Crippen LogP contribution in [0, 0.1) is 6.92 Å². The fourth-order valence-corrected chi connectivity index (χ4v) is 3.37. The van der Waals surface area contributed by atoms with Crippen molar-refractivity contribution >= 4 is 5.91 Å². The minimum atomic E-state index is -0.207. The Morgan fingerprint density at radius 1 is 1.33 bits per heavy atom. The zero-order valence-corrected chi connectivity index (χ0v) is 15.6. The maximum atomic E-state index is 13.0. The first-order valence-corrected chi connectivity index (χ1v) is 8.52. The Morgan fingerprint density at radius 3 is 2.46 bits per heavy atom. The van der Waals surface area contributed by atoms with Crippen LogP contribution < -0.4 is 5.56 Å². The van der Waals surface area contributed by atoms with E-state index >= 15 is 0 Å². The molecule has 2 rings (SSSR count). The Labute approximate surface area is 144 Å². The van der Waals surface area contributed by atoms with Crippen molar-refractivity contribution in [3.63, 3.8) is 0 Å². The van der Waals surface area contributed by atoms with Gasteiger partial charge in [0.25, 0.3) is 11.5 Å². The van der Waals surface area contributed by atoms with E-state index in [0.29, 0.717) is 13.1 Å². The topological polar surface area (TPSA) is 54.8 Å². The summed E-state index contributed by atoms with van der Waals surface area (Å²) < 4.78 is 7.35. The van der Waals surface area contributed by atoms with E-state index in [0.717, 1.165) is 12.1 Å². The number of pyridine rings is 1. The van der Waals surface area contributed by atoms with E-state index in [1.807, 2.05) is 52.8 Å². The van der Waals surface area contributed by atoms with Crippen LogP contribution in [0.25, 0.3) is 0 Å². The first-order valence-electron chi connectivity index (χ1n) is 8.52. The summed E-state index contributed by atoms with van der Waals surface area (Å²) in [5.41, 5.74) is 0.802. The molecule has 24 heavy (non-hydrogen) atoms. The highest BCUT2D eigenvalue weighted by Gasteiger charge is 2.29. The third kappa shape index (κ3) is 4.05. The van der Waals surface area contributed by atoms with Gasteiger partial charge in [0.15, 0.2) is 0 Å². The van der Waals surface area contributed by atoms with Gasteiger partial charge < -0.3 is 19.1 Å². The van der Waals surface area contributed by atoms with Crippen molar-refractivity contribution in [2.45, 2.75) is 45.9 Å². The molecule has 2 heterocycles. The average molecular weight is 335 g/mol. The molecule has 6 heteroatoms. The number of hydrogen-bond acceptors (Lipinski definition) is 4. The van der Waals surface area contributed by atoms with Crippen LogP contribution >= 0.6 is 0 Å². The lowest BCUT2D eigenvalue weighted by atomic mass is 10.1. The van der Waals surface area contributed by atoms with Crippen LogP contribution in [0.1, 0.15) is 42.7 Å². The van der Waals surface area contributed by atoms with Gasteiger partial charge in [0.2, 0.25) is 0 Å². The first kappa shape index (κ1) is 18.7. The summed E-state index contributed by atoms with van der Waals surface area (Å²) in [6, 6.07) is 1.86. The van der Waals surface area contributed by atoms with E-state index in [1.54, 1.807) is 15.7 Å². The normalized spacial score (nSPS) is 22.7. The summed E-state index contributed by atoms with van der Waals surface area (Å²) in [4.78, 5) is 29.7. The van der Waals surface area contributed by atoms with E-state index < -0.39 is 0 Å². The number of hydrogen-bond donors (Lipinski definition) is 0. The second kappa shape index (κ2) is 7.49. The number of carbonyl (C=O) groups excluding carboxylic acids is 1. The average Bonchev–Trinajstić information content (AvgIpc) is 2.45. The maximum absolute atomic E-state index is 13.0. The molecule has 1 unspecified atom stereocenters. The van der Waals surface area contributed by atoms with Gasteiger partial charge in [-0.15, -0.1) is 0 Å². The number of aromatic nitrogens is 1. The van der Waals surface area contributed by atoms with Crippen LogP contribution in [-0.4, -0.2) is 66.2 Å². The number of morpholine rings is 1. The number of likely N-dealkylation sites (N-methyl/N-ethyl adjacent to an activating group) is 1. The standard InChI is InChI=1S/C18H29N3O3/c1-12-7-8-21(13(2)9-19(5)6)18(23)16(12)17(22)20-10-14(3)24-15(4)11-20/h7-8,13-15H,9-11H2,1-6H3/t13?,14-,15+. The largest absolute Gasteiger partial charge is 0.372 e. The van der Waals surface area contributed by atoms with E-state index in [2.05, 4.69) is 0 Å². The van der Waals surface area contributed by atoms with E-state index in [-0.39, 0.29) is 35.3 Å². The Balaban J connectivity index is 2.35. The minimum Gasteiger partial charge on any atom is -0.372 e. The van der Waals surface area contributed by atoms with Crippen molar-refractivity contribution in [2.75, 3.05) is 33.7 Å². The smallest absolute Gasteiger partial charge is 0.263 e. The fourth-order valence-electron chi connectivity index (χ4n) is 3.37. The molecule has 1 saturated heterocycles. The molecule has 0 saturated carbocycles. The van der Waals surface area contributed by atoms with Crippen LogP contribution in [0.2, 0.25) is 0 Å². The van der Waals surface area contributed by atoms with Crippen molar-refractivity contribution in [3.8, 4) is 0 Å². The summed E-state index contributed by atoms with van der Waals surface area (Å²) >= 11 is 0. The van der Waals surface area contributed by atoms with Crippen molar-refractivity contribution in [3.05, 3.63) is 33.7 Å². The Kier molecular flexibility index (Phi) is 5.83. The molecule has 3 atom stereocenters. The van der Waals surface area contributed by atoms with E-state index in [9.17, 15) is 9.59 Å². The van der Waals surface area contributed by atoms with Gasteiger partial charge in [-0.1, -0.05) is 0 Å². The highest BCUT2D eigenvalue weighted by Crippen LogP contribution is 2.15. The lowest BCUT2D eigenvalue weighted by molar-refractivity contribution is -0.0586. The molecular weight excluding hydrogens is 306 g/mol. The Morgan fingerprint density at radius 2 is 1.92 bits per heavy atom. The molecule has 1 fully saturated rings. The summed E-state index contributed by atoms with van der Waals surface area (Å²) in [7, 11) is 3.94. The molecule has 0 aromatic carbocycles. The Bertz CT molecular complexity index is 643. The Hall–Kier alpha value is -1.66. The van der Waals surface area contributed by atoms with Gasteiger partial charge in [-0.25, -0.2) is 0 Å². The molecule has 1 aromatic rings. The molecule has 1 aliphatic rings. The van der Waals surface area contributed by atoms with Crippen molar-refractivity contribution in [1.29, 1.82) is 0 Å². The van der Waals surface area contributed by atoms with Gasteiger partial charge in [-0.05, 0) is 53.4 Å². The number of nitrogens with zero attached hydrogens (tertiary/aromatic N) is 3. The maximum Gasteiger partial charge on any atom is 0.263 e. The highest BCUT2D eigenvalue weighted by molar-refractivity contribution is 5.95. The quantitative estimate of drug-likeness (QED) is 0.837. The zero-order chi connectivity index (χ0) is 18.0. The predicted octanol–water partition coefficient (Wildman–Crippen LogP) is 1.53. The molecule has 134 valence electrons. The number of carbonyl (C=O) groups is 1. The summed E-state index contributed by atoms with van der Waals surface area (Å²) in [5, 5.41) is 0. The van der Waals surface area contributed by atoms with Gasteiger partial charge in [0, 0.05) is 31.9 Å². The van der Waals surface area contributed by atoms with Gasteiger partial charge in [-0.2, -0.15) is 0 Å². The van der Waals surface area contributed by atoms with Crippen LogP contribution in [-0.2, 0) is 4.74 Å². The van der Waals surface area contributed by atoms with Crippen molar-refractivity contribution < 1.29 is 9.53 Å². The fraction of sp³-hybridized carbons (Fsp3) is 0.667. The van der Waals surface area contributed by atoms with Crippen molar-refractivity contribution in [2.24, 2.45) is 0 Å². The van der Waals surface area contributed by atoms with Crippen LogP contribution in [0.3, 0.4) is 0 Å². The molecule has 1 aliphatic heterocycles. The predicted molar refractivity (Wildman–Crippen MR) is 94.6 cm³/mol. The highest BCUT2D eigenvalue weighted by atomic mass is 16.5. The molecular formula is C18H29N3O3. The summed E-state index contributed by atoms with van der Waals surface area (Å²) in [5.74, 6) is -0.189. The second-order valence-electron chi connectivity index (χ2n) is 7.16. The number of amides is 1. The third-order valence-corrected chi connectivity index (χ3v) is 4.35. The van der Waals surface area contributed by atoms with Gasteiger partial charge in [0.05, 0.1) is 12.2 Å². The monoisotopic (exact) mass is 335 g/mol. The zero-order valence-electron chi connectivity index (χ0n) is 15.6. The van der Waals surface area contributed by atoms with Crippen molar-refractivity contribution in [1.82, 2.24) is 14.4 Å². The summed E-state index contributed by atoms with van der Waals surface area (Å²) in [6.07, 6.45) is 1.75. The molecule has 0 bridgehead atoms. The molecule has 0 aliphatic carbocycles. The lowest BCUT2D eigenvalue weighted by Crippen LogP contribution is -2.49. The number of rotatable bonds is 4. The molecule has 0 radical (unpaired) electrons. The second-order valence-corrected chi connectivity index (χ2v) is 7.16. The number of ether oxygens (including phenoxy) is 1. The molecule has 1 amide bonds. The van der Waals surface area contributed by atoms with Crippen LogP contribution in [0.5, 0.6) is 0 Å². The third-order valence-electron chi connectivity index (χ3n) is 4.35. The lowest BCUT2D eigenvalue weighted by Gasteiger charge is -2.35. The SMILES string of the molecule is Cc1ccn(C(C)CN(C)C)c(=O)c1C(=O)N1C[C@@H](C)O[C@@H](C)C1. The van der Waals surface area contributed by atoms with Crippen LogP contribution in [0.15, 0.2) is 17.1 Å². The summed E-state index contributed by atoms with van der Waals surface area (Å²) in [6.45, 7) is 9.49. The molecule has 1 aromatic heterocycles. The van der Waals surface area contributed by atoms with E-state index in [1.165, 1.54) is 0 Å². The van der Waals surface area contributed by atoms with Crippen LogP contribution in [0.4, 0.5) is 0 Å².